The van der Waals surface area contributed by atoms with Gasteiger partial charge in [-0.2, -0.15) is 0 Å². The van der Waals surface area contributed by atoms with Gasteiger partial charge in [-0.15, -0.1) is 0 Å². The molecule has 0 saturated heterocycles. The van der Waals surface area contributed by atoms with E-state index in [-0.39, 0.29) is 6.61 Å². The van der Waals surface area contributed by atoms with Gasteiger partial charge in [-0.25, -0.2) is 4.79 Å². The van der Waals surface area contributed by atoms with Crippen molar-refractivity contribution in [2.24, 2.45) is 5.73 Å². The Morgan fingerprint density at radius 2 is 1.80 bits per heavy atom. The van der Waals surface area contributed by atoms with Crippen LogP contribution in [0.5, 0.6) is 0 Å². The zero-order chi connectivity index (χ0) is 18.9. The van der Waals surface area contributed by atoms with Gasteiger partial charge in [0, 0.05) is 14.2 Å². The second-order valence-electron chi connectivity index (χ2n) is 5.30. The minimum absolute atomic E-state index is 0.0698. The number of nitrogens with one attached hydrogen (secondary N) is 1. The highest BCUT2D eigenvalue weighted by molar-refractivity contribution is 7.55. The first-order valence-corrected chi connectivity index (χ1v) is 9.46. The molecule has 0 bridgehead atoms. The Balaban J connectivity index is 2.70. The number of alkyl carbamates (subject to hydrolysis) is 1. The Hall–Kier alpha value is -1.73. The average Bonchev–Trinajstić information content (AvgIpc) is 2.65. The third-order valence-electron chi connectivity index (χ3n) is 3.57. The highest BCUT2D eigenvalue weighted by Crippen LogP contribution is 2.49. The van der Waals surface area contributed by atoms with Crippen LogP contribution in [0.25, 0.3) is 0 Å². The summed E-state index contributed by atoms with van der Waals surface area (Å²) in [6.07, 6.45) is 0.166. The molecule has 0 spiro atoms. The van der Waals surface area contributed by atoms with Gasteiger partial charge in [0.2, 0.25) is 0 Å². The van der Waals surface area contributed by atoms with E-state index in [9.17, 15) is 14.2 Å². The predicted molar refractivity (Wildman–Crippen MR) is 93.1 cm³/mol. The smallest absolute Gasteiger partial charge is 0.408 e. The highest BCUT2D eigenvalue weighted by Gasteiger charge is 2.40. The molecule has 8 nitrogen and oxygen atoms in total. The third-order valence-corrected chi connectivity index (χ3v) is 5.52. The first kappa shape index (κ1) is 21.3. The fourth-order valence-electron chi connectivity index (χ4n) is 2.14. The average molecular weight is 372 g/mol. The number of ketones is 1. The fraction of sp³-hybridized carbons (Fsp3) is 0.500. The van der Waals surface area contributed by atoms with Crippen LogP contribution in [0.2, 0.25) is 0 Å². The van der Waals surface area contributed by atoms with E-state index in [4.69, 9.17) is 19.5 Å². The maximum absolute atomic E-state index is 12.5. The van der Waals surface area contributed by atoms with Gasteiger partial charge in [0.05, 0.1) is 6.04 Å². The van der Waals surface area contributed by atoms with Crippen molar-refractivity contribution in [3.05, 3.63) is 35.9 Å². The van der Waals surface area contributed by atoms with E-state index >= 15 is 0 Å². The van der Waals surface area contributed by atoms with E-state index in [0.29, 0.717) is 12.8 Å². The van der Waals surface area contributed by atoms with Crippen molar-refractivity contribution >= 4 is 19.5 Å². The van der Waals surface area contributed by atoms with Gasteiger partial charge < -0.3 is 24.8 Å². The normalized spacial score (nSPS) is 13.8. The molecule has 1 unspecified atom stereocenters. The molecule has 3 N–H and O–H groups in total. The van der Waals surface area contributed by atoms with Crippen molar-refractivity contribution in [1.82, 2.24) is 5.32 Å². The Morgan fingerprint density at radius 1 is 1.20 bits per heavy atom. The van der Waals surface area contributed by atoms with Crippen LogP contribution >= 0.6 is 7.60 Å². The summed E-state index contributed by atoms with van der Waals surface area (Å²) in [6, 6.07) is 8.18. The molecule has 0 aromatic heterocycles. The Morgan fingerprint density at radius 3 is 2.32 bits per heavy atom. The van der Waals surface area contributed by atoms with E-state index in [1.807, 2.05) is 37.3 Å². The minimum atomic E-state index is -3.78. The van der Waals surface area contributed by atoms with Crippen molar-refractivity contribution in [3.8, 4) is 0 Å². The summed E-state index contributed by atoms with van der Waals surface area (Å²) < 4.78 is 26.9. The quantitative estimate of drug-likeness (QED) is 0.606. The molecule has 0 saturated carbocycles. The van der Waals surface area contributed by atoms with E-state index in [1.165, 1.54) is 0 Å². The largest absolute Gasteiger partial charge is 0.445 e. The predicted octanol–water partition coefficient (Wildman–Crippen LogP) is 2.42. The molecule has 0 aliphatic heterocycles. The van der Waals surface area contributed by atoms with Crippen LogP contribution in [0.3, 0.4) is 0 Å². The number of carbonyl (C=O) groups is 2. The Labute approximate surface area is 147 Å². The van der Waals surface area contributed by atoms with Crippen LogP contribution in [0.4, 0.5) is 4.79 Å². The van der Waals surface area contributed by atoms with Crippen molar-refractivity contribution in [2.45, 2.75) is 38.2 Å². The number of nitrogens with two attached hydrogens (primary N) is 1. The van der Waals surface area contributed by atoms with Gasteiger partial charge >= 0.3 is 13.7 Å². The van der Waals surface area contributed by atoms with E-state index in [1.54, 1.807) is 0 Å². The van der Waals surface area contributed by atoms with Crippen molar-refractivity contribution in [2.75, 3.05) is 14.2 Å². The summed E-state index contributed by atoms with van der Waals surface area (Å²) in [4.78, 5) is 24.4. The summed E-state index contributed by atoms with van der Waals surface area (Å²) in [7, 11) is -1.48. The zero-order valence-corrected chi connectivity index (χ0v) is 15.5. The number of amides is 1. The molecule has 0 heterocycles. The minimum Gasteiger partial charge on any atom is -0.445 e. The van der Waals surface area contributed by atoms with Gasteiger partial charge in [-0.1, -0.05) is 43.7 Å². The Bertz CT molecular complexity index is 602. The fourth-order valence-corrected chi connectivity index (χ4v) is 3.24. The van der Waals surface area contributed by atoms with Crippen LogP contribution in [-0.4, -0.2) is 37.9 Å². The van der Waals surface area contributed by atoms with Gasteiger partial charge in [0.15, 0.2) is 11.6 Å². The molecule has 0 fully saturated rings. The molecule has 140 valence electrons. The maximum Gasteiger partial charge on any atom is 0.408 e. The maximum atomic E-state index is 12.5. The summed E-state index contributed by atoms with van der Waals surface area (Å²) >= 11 is 0. The van der Waals surface area contributed by atoms with Crippen LogP contribution < -0.4 is 11.1 Å². The van der Waals surface area contributed by atoms with Gasteiger partial charge in [-0.3, -0.25) is 9.36 Å². The van der Waals surface area contributed by atoms with Crippen LogP contribution in [0.1, 0.15) is 25.3 Å². The van der Waals surface area contributed by atoms with Gasteiger partial charge in [0.1, 0.15) is 6.61 Å². The highest BCUT2D eigenvalue weighted by atomic mass is 31.2. The number of ether oxygens (including phenoxy) is 1. The summed E-state index contributed by atoms with van der Waals surface area (Å²) in [5, 5.41) is 2.47. The number of Topliss-reactive ketones (excluding diaryl/α,β-unsaturated/α-hetero) is 1. The first-order valence-electron chi connectivity index (χ1n) is 7.85. The lowest BCUT2D eigenvalue weighted by atomic mass is 10.1. The monoisotopic (exact) mass is 372 g/mol. The molecule has 9 heteroatoms. The van der Waals surface area contributed by atoms with Crippen LogP contribution in [-0.2, 0) is 29.8 Å². The lowest BCUT2D eigenvalue weighted by molar-refractivity contribution is -0.121. The molecule has 0 aliphatic rings. The zero-order valence-electron chi connectivity index (χ0n) is 14.6. The van der Waals surface area contributed by atoms with Crippen molar-refractivity contribution < 1.29 is 27.9 Å². The van der Waals surface area contributed by atoms with Gasteiger partial charge in [-0.05, 0) is 12.0 Å². The van der Waals surface area contributed by atoms with E-state index in [2.05, 4.69) is 5.32 Å². The summed E-state index contributed by atoms with van der Waals surface area (Å²) in [5.41, 5.74) is 6.55. The molecule has 1 aromatic rings. The molecule has 25 heavy (non-hydrogen) atoms. The second-order valence-corrected chi connectivity index (χ2v) is 7.67. The summed E-state index contributed by atoms with van der Waals surface area (Å²) in [5.74, 6) is -2.13. The number of benzene rings is 1. The third kappa shape index (κ3) is 6.25. The van der Waals surface area contributed by atoms with Crippen molar-refractivity contribution in [3.63, 3.8) is 0 Å². The number of rotatable bonds is 10. The SMILES string of the molecule is CCC[C@H](NC(=O)OCc1ccccc1)C(=O)C(N)P(=O)(OC)OC. The standard InChI is InChI=1S/C16H25N2O6P/c1-4-8-13(14(19)15(17)25(21,22-2)23-3)18-16(20)24-11-12-9-6-5-7-10-12/h5-7,9-10,13,15H,4,8,11,17H2,1-3H3,(H,18,20)/t13-,15?/m0/s1. The molecule has 1 rings (SSSR count). The lowest BCUT2D eigenvalue weighted by Gasteiger charge is -2.24. The number of hydrogen-bond acceptors (Lipinski definition) is 7. The molecule has 1 amide bonds. The van der Waals surface area contributed by atoms with Crippen molar-refractivity contribution in [1.29, 1.82) is 0 Å². The molecular weight excluding hydrogens is 347 g/mol. The van der Waals surface area contributed by atoms with E-state index in [0.717, 1.165) is 19.8 Å². The lowest BCUT2D eigenvalue weighted by Crippen LogP contribution is -2.48. The summed E-state index contributed by atoms with van der Waals surface area (Å²) in [6.45, 7) is 1.91. The number of hydrogen-bond donors (Lipinski definition) is 2. The van der Waals surface area contributed by atoms with Gasteiger partial charge in [0.25, 0.3) is 0 Å². The van der Waals surface area contributed by atoms with Crippen LogP contribution in [0, 0.1) is 0 Å². The molecule has 0 aliphatic carbocycles. The molecule has 1 aromatic carbocycles. The second kappa shape index (κ2) is 10.3. The first-order chi connectivity index (χ1) is 11.9. The van der Waals surface area contributed by atoms with E-state index < -0.39 is 31.3 Å². The topological polar surface area (TPSA) is 117 Å². The number of carbonyl (C=O) groups excluding carboxylic acids is 2. The molecular formula is C16H25N2O6P. The Kier molecular flexibility index (Phi) is 8.78. The molecule has 0 radical (unpaired) electrons. The van der Waals surface area contributed by atoms with Crippen LogP contribution in [0.15, 0.2) is 30.3 Å². The molecule has 2 atom stereocenters.